The van der Waals surface area contributed by atoms with Crippen molar-refractivity contribution in [1.82, 2.24) is 4.98 Å². The van der Waals surface area contributed by atoms with E-state index in [1.54, 1.807) is 11.3 Å². The summed E-state index contributed by atoms with van der Waals surface area (Å²) in [6.45, 7) is 8.24. The van der Waals surface area contributed by atoms with Crippen LogP contribution in [0.15, 0.2) is 5.38 Å². The fourth-order valence-corrected chi connectivity index (χ4v) is 2.44. The number of aryl methyl sites for hydroxylation is 1. The van der Waals surface area contributed by atoms with E-state index in [-0.39, 0.29) is 0 Å². The molecule has 88 valence electrons. The molecule has 0 aliphatic rings. The lowest BCUT2D eigenvalue weighted by atomic mass is 10.2. The Balaban J connectivity index is 2.70. The van der Waals surface area contributed by atoms with Gasteiger partial charge < -0.3 is 4.90 Å². The molecule has 1 aromatic heterocycles. The molecule has 1 aromatic rings. The molecule has 0 aliphatic carbocycles. The first kappa shape index (κ1) is 13.0. The summed E-state index contributed by atoms with van der Waals surface area (Å²) in [6, 6.07) is 2.20. The third kappa shape index (κ3) is 3.82. The third-order valence-electron chi connectivity index (χ3n) is 2.25. The summed E-state index contributed by atoms with van der Waals surface area (Å²) in [5.74, 6) is 0.590. The van der Waals surface area contributed by atoms with E-state index in [0.29, 0.717) is 12.3 Å². The Bertz CT molecular complexity index is 351. The predicted octanol–water partition coefficient (Wildman–Crippen LogP) is 3.08. The number of hydrogen-bond donors (Lipinski definition) is 0. The highest BCUT2D eigenvalue weighted by Crippen LogP contribution is 2.22. The zero-order valence-corrected chi connectivity index (χ0v) is 11.0. The molecular formula is C12H19N3S. The molecule has 0 spiro atoms. The summed E-state index contributed by atoms with van der Waals surface area (Å²) in [4.78, 5) is 6.79. The molecule has 0 saturated heterocycles. The van der Waals surface area contributed by atoms with Crippen LogP contribution in [-0.4, -0.2) is 18.1 Å². The molecular weight excluding hydrogens is 218 g/mol. The topological polar surface area (TPSA) is 39.9 Å². The fraction of sp³-hybridized carbons (Fsp3) is 0.667. The lowest BCUT2D eigenvalue weighted by molar-refractivity contribution is 0.610. The van der Waals surface area contributed by atoms with Crippen LogP contribution in [0.25, 0.3) is 0 Å². The molecule has 1 rings (SSSR count). The van der Waals surface area contributed by atoms with E-state index >= 15 is 0 Å². The maximum atomic E-state index is 8.65. The van der Waals surface area contributed by atoms with Crippen LogP contribution in [0.5, 0.6) is 0 Å². The minimum atomic E-state index is 0.563. The Morgan fingerprint density at radius 1 is 1.56 bits per heavy atom. The number of anilines is 1. The molecule has 0 bridgehead atoms. The van der Waals surface area contributed by atoms with E-state index in [0.717, 1.165) is 30.3 Å². The van der Waals surface area contributed by atoms with Crippen LogP contribution in [-0.2, 0) is 6.42 Å². The second-order valence-electron chi connectivity index (χ2n) is 4.22. The molecule has 0 aromatic carbocycles. The lowest BCUT2D eigenvalue weighted by Crippen LogP contribution is -2.28. The van der Waals surface area contributed by atoms with Crippen molar-refractivity contribution in [3.8, 4) is 6.07 Å². The van der Waals surface area contributed by atoms with E-state index < -0.39 is 0 Å². The molecule has 4 heteroatoms. The molecule has 0 unspecified atom stereocenters. The molecule has 0 saturated carbocycles. The Labute approximate surface area is 102 Å². The molecule has 0 amide bonds. The van der Waals surface area contributed by atoms with Gasteiger partial charge in [0, 0.05) is 18.5 Å². The molecule has 0 N–H and O–H groups in total. The number of rotatable bonds is 6. The maximum absolute atomic E-state index is 8.65. The van der Waals surface area contributed by atoms with Gasteiger partial charge in [-0.15, -0.1) is 11.3 Å². The summed E-state index contributed by atoms with van der Waals surface area (Å²) in [7, 11) is 0. The number of nitriles is 1. The molecule has 16 heavy (non-hydrogen) atoms. The Hall–Kier alpha value is -1.08. The summed E-state index contributed by atoms with van der Waals surface area (Å²) < 4.78 is 0. The van der Waals surface area contributed by atoms with Gasteiger partial charge in [-0.3, -0.25) is 0 Å². The average Bonchev–Trinajstić information content (AvgIpc) is 2.72. The van der Waals surface area contributed by atoms with Crippen LogP contribution in [0, 0.1) is 17.2 Å². The normalized spacial score (nSPS) is 10.4. The minimum Gasteiger partial charge on any atom is -0.347 e. The summed E-state index contributed by atoms with van der Waals surface area (Å²) >= 11 is 1.68. The van der Waals surface area contributed by atoms with Gasteiger partial charge in [-0.05, 0) is 12.3 Å². The fourth-order valence-electron chi connectivity index (χ4n) is 1.49. The standard InChI is InChI=1S/C12H19N3S/c1-4-11-9-16-12(14-11)15(7-5-6-13)8-10(2)3/h9-10H,4-5,7-8H2,1-3H3. The van der Waals surface area contributed by atoms with Crippen molar-refractivity contribution >= 4 is 16.5 Å². The largest absolute Gasteiger partial charge is 0.347 e. The molecule has 0 radical (unpaired) electrons. The van der Waals surface area contributed by atoms with Gasteiger partial charge >= 0.3 is 0 Å². The van der Waals surface area contributed by atoms with Crippen LogP contribution in [0.2, 0.25) is 0 Å². The number of hydrogen-bond acceptors (Lipinski definition) is 4. The Morgan fingerprint density at radius 2 is 2.31 bits per heavy atom. The van der Waals surface area contributed by atoms with E-state index in [9.17, 15) is 0 Å². The van der Waals surface area contributed by atoms with E-state index in [4.69, 9.17) is 5.26 Å². The molecule has 1 heterocycles. The highest BCUT2D eigenvalue weighted by Gasteiger charge is 2.11. The van der Waals surface area contributed by atoms with Gasteiger partial charge in [0.15, 0.2) is 5.13 Å². The maximum Gasteiger partial charge on any atom is 0.185 e. The first-order valence-corrected chi connectivity index (χ1v) is 6.61. The predicted molar refractivity (Wildman–Crippen MR) is 68.8 cm³/mol. The second-order valence-corrected chi connectivity index (χ2v) is 5.06. The van der Waals surface area contributed by atoms with E-state index in [1.807, 2.05) is 0 Å². The van der Waals surface area contributed by atoms with Gasteiger partial charge in [0.1, 0.15) is 0 Å². The quantitative estimate of drug-likeness (QED) is 0.763. The average molecular weight is 237 g/mol. The number of nitrogens with zero attached hydrogens (tertiary/aromatic N) is 3. The van der Waals surface area contributed by atoms with Gasteiger partial charge in [-0.1, -0.05) is 20.8 Å². The molecule has 0 aliphatic heterocycles. The number of aromatic nitrogens is 1. The monoisotopic (exact) mass is 237 g/mol. The lowest BCUT2D eigenvalue weighted by Gasteiger charge is -2.22. The van der Waals surface area contributed by atoms with Crippen LogP contribution in [0.3, 0.4) is 0 Å². The van der Waals surface area contributed by atoms with Crippen molar-refractivity contribution in [3.05, 3.63) is 11.1 Å². The van der Waals surface area contributed by atoms with Gasteiger partial charge in [0.05, 0.1) is 18.2 Å². The van der Waals surface area contributed by atoms with Crippen LogP contribution in [0.4, 0.5) is 5.13 Å². The molecule has 0 fully saturated rings. The second kappa shape index (κ2) is 6.49. The number of thiazole rings is 1. The summed E-state index contributed by atoms with van der Waals surface area (Å²) in [5.41, 5.74) is 1.14. The highest BCUT2D eigenvalue weighted by atomic mass is 32.1. The summed E-state index contributed by atoms with van der Waals surface area (Å²) in [5, 5.41) is 11.8. The first-order valence-electron chi connectivity index (χ1n) is 5.73. The Morgan fingerprint density at radius 3 is 2.81 bits per heavy atom. The van der Waals surface area contributed by atoms with Crippen molar-refractivity contribution < 1.29 is 0 Å². The highest BCUT2D eigenvalue weighted by molar-refractivity contribution is 7.13. The zero-order valence-electron chi connectivity index (χ0n) is 10.2. The summed E-state index contributed by atoms with van der Waals surface area (Å²) in [6.07, 6.45) is 1.54. The first-order chi connectivity index (χ1) is 7.67. The van der Waals surface area contributed by atoms with E-state index in [2.05, 4.69) is 42.1 Å². The van der Waals surface area contributed by atoms with E-state index in [1.165, 1.54) is 0 Å². The zero-order chi connectivity index (χ0) is 12.0. The van der Waals surface area contributed by atoms with Crippen molar-refractivity contribution in [2.75, 3.05) is 18.0 Å². The van der Waals surface area contributed by atoms with Gasteiger partial charge in [-0.2, -0.15) is 5.26 Å². The van der Waals surface area contributed by atoms with Crippen molar-refractivity contribution in [2.24, 2.45) is 5.92 Å². The van der Waals surface area contributed by atoms with Gasteiger partial charge in [0.2, 0.25) is 0 Å². The minimum absolute atomic E-state index is 0.563. The van der Waals surface area contributed by atoms with Crippen LogP contribution < -0.4 is 4.90 Å². The molecule has 3 nitrogen and oxygen atoms in total. The SMILES string of the molecule is CCc1csc(N(CCC#N)CC(C)C)n1. The van der Waals surface area contributed by atoms with Crippen molar-refractivity contribution in [3.63, 3.8) is 0 Å². The third-order valence-corrected chi connectivity index (χ3v) is 3.20. The van der Waals surface area contributed by atoms with Crippen molar-refractivity contribution in [2.45, 2.75) is 33.6 Å². The van der Waals surface area contributed by atoms with Crippen LogP contribution in [0.1, 0.15) is 32.9 Å². The molecule has 0 atom stereocenters. The van der Waals surface area contributed by atoms with Gasteiger partial charge in [-0.25, -0.2) is 4.98 Å². The smallest absolute Gasteiger partial charge is 0.185 e. The van der Waals surface area contributed by atoms with Crippen LogP contribution >= 0.6 is 11.3 Å². The van der Waals surface area contributed by atoms with Gasteiger partial charge in [0.25, 0.3) is 0 Å². The Kier molecular flexibility index (Phi) is 5.27. The van der Waals surface area contributed by atoms with Crippen molar-refractivity contribution in [1.29, 1.82) is 5.26 Å².